The number of benzene rings is 6. The summed E-state index contributed by atoms with van der Waals surface area (Å²) < 4.78 is 17.5. The Hall–Kier alpha value is -8.34. The first-order valence-corrected chi connectivity index (χ1v) is 17.6. The van der Waals surface area contributed by atoms with Gasteiger partial charge in [0.25, 0.3) is 22.7 Å². The van der Waals surface area contributed by atoms with Crippen molar-refractivity contribution in [2.45, 2.75) is 17.8 Å². The normalized spacial score (nSPS) is 15.5. The molecule has 6 aromatic rings. The fraction of sp³-hybridized carbons (Fsp3) is 0.0952. The van der Waals surface area contributed by atoms with Gasteiger partial charge in [-0.2, -0.15) is 0 Å². The molecule has 17 nitrogen and oxygen atoms in total. The minimum atomic E-state index is -1.21. The zero-order chi connectivity index (χ0) is 41.7. The SMILES string of the molecule is COc1ccc(CC23c4ccccc4C(c4ccccc42)c2c(OC(=O)c4cc([N+](=O)[O-])cc([N+](=O)[O-])c4)ccc(OC(=O)c4cc([N+](=O)[O-])cc([N+](=O)[O-])c4)c23)cc1. The minimum Gasteiger partial charge on any atom is -0.497 e. The van der Waals surface area contributed by atoms with Gasteiger partial charge in [0.2, 0.25) is 0 Å². The molecule has 0 aliphatic heterocycles. The maximum absolute atomic E-state index is 14.0. The average Bonchev–Trinajstić information content (AvgIpc) is 3.24. The quantitative estimate of drug-likeness (QED) is 0.0522. The molecule has 9 rings (SSSR count). The van der Waals surface area contributed by atoms with Gasteiger partial charge in [-0.25, -0.2) is 9.59 Å². The number of nitrogens with zero attached hydrogens (tertiary/aromatic N) is 4. The summed E-state index contributed by atoms with van der Waals surface area (Å²) in [7, 11) is 1.53. The number of esters is 2. The summed E-state index contributed by atoms with van der Waals surface area (Å²) in [5.41, 5.74) is -0.228. The molecule has 3 aliphatic carbocycles. The standard InChI is InChI=1S/C42H26N4O13/c1-57-30-12-10-23(11-13-30)22-42-33-8-4-2-6-31(33)37(32-7-3-5-9-34(32)42)38-35(58-40(47)24-16-26(43(49)50)20-27(17-24)44(51)52)14-15-36(39(38)42)59-41(48)25-18-28(45(53)54)21-29(19-25)46(55)56/h2-21,37H,22H2,1H3. The first-order valence-electron chi connectivity index (χ1n) is 17.6. The summed E-state index contributed by atoms with van der Waals surface area (Å²) >= 11 is 0. The molecule has 0 N–H and O–H groups in total. The summed E-state index contributed by atoms with van der Waals surface area (Å²) in [5.74, 6) is -2.51. The smallest absolute Gasteiger partial charge is 0.344 e. The number of ether oxygens (including phenoxy) is 3. The fourth-order valence-electron chi connectivity index (χ4n) is 8.14. The van der Waals surface area contributed by atoms with E-state index in [0.29, 0.717) is 29.0 Å². The zero-order valence-corrected chi connectivity index (χ0v) is 30.4. The lowest BCUT2D eigenvalue weighted by Crippen LogP contribution is -2.44. The number of hydrogen-bond donors (Lipinski definition) is 0. The third-order valence-corrected chi connectivity index (χ3v) is 10.5. The number of nitro groups is 4. The highest BCUT2D eigenvalue weighted by molar-refractivity contribution is 5.95. The van der Waals surface area contributed by atoms with Crippen LogP contribution in [0.4, 0.5) is 22.7 Å². The second-order valence-corrected chi connectivity index (χ2v) is 13.7. The van der Waals surface area contributed by atoms with Crippen molar-refractivity contribution >= 4 is 34.7 Å². The molecule has 3 aliphatic rings. The van der Waals surface area contributed by atoms with E-state index in [1.165, 1.54) is 19.2 Å². The molecule has 0 aromatic heterocycles. The Balaban J connectivity index is 1.38. The van der Waals surface area contributed by atoms with Gasteiger partial charge < -0.3 is 14.2 Å². The lowest BCUT2D eigenvalue weighted by atomic mass is 9.51. The molecule has 0 heterocycles. The molecule has 0 saturated heterocycles. The summed E-state index contributed by atoms with van der Waals surface area (Å²) in [6.07, 6.45) is 0.228. The van der Waals surface area contributed by atoms with E-state index in [1.54, 1.807) is 12.1 Å². The highest BCUT2D eigenvalue weighted by atomic mass is 16.6. The molecule has 0 radical (unpaired) electrons. The molecule has 0 saturated carbocycles. The molecular formula is C42H26N4O13. The minimum absolute atomic E-state index is 0.0574. The second kappa shape index (κ2) is 14.3. The Morgan fingerprint density at radius 1 is 0.576 bits per heavy atom. The number of hydrogen-bond acceptors (Lipinski definition) is 13. The number of rotatable bonds is 11. The topological polar surface area (TPSA) is 234 Å². The third-order valence-electron chi connectivity index (χ3n) is 10.5. The van der Waals surface area contributed by atoms with Crippen molar-refractivity contribution in [2.75, 3.05) is 7.11 Å². The zero-order valence-electron chi connectivity index (χ0n) is 30.4. The maximum Gasteiger partial charge on any atom is 0.344 e. The summed E-state index contributed by atoms with van der Waals surface area (Å²) in [6.45, 7) is 0. The Labute approximate surface area is 331 Å². The van der Waals surface area contributed by atoms with Crippen molar-refractivity contribution < 1.29 is 43.5 Å². The Kier molecular flexibility index (Phi) is 9.11. The molecular weight excluding hydrogens is 768 g/mol. The van der Waals surface area contributed by atoms with Crippen LogP contribution in [-0.2, 0) is 11.8 Å². The van der Waals surface area contributed by atoms with Crippen molar-refractivity contribution in [2.24, 2.45) is 0 Å². The van der Waals surface area contributed by atoms with E-state index >= 15 is 0 Å². The lowest BCUT2D eigenvalue weighted by molar-refractivity contribution is -0.394. The molecule has 6 aromatic carbocycles. The first kappa shape index (κ1) is 37.6. The van der Waals surface area contributed by atoms with E-state index in [9.17, 15) is 50.0 Å². The van der Waals surface area contributed by atoms with Crippen molar-refractivity contribution in [1.82, 2.24) is 0 Å². The summed E-state index contributed by atoms with van der Waals surface area (Å²) in [4.78, 5) is 71.3. The van der Waals surface area contributed by atoms with Gasteiger partial charge in [0.05, 0.1) is 55.5 Å². The molecule has 0 unspecified atom stereocenters. The van der Waals surface area contributed by atoms with Crippen LogP contribution in [0.2, 0.25) is 0 Å². The summed E-state index contributed by atoms with van der Waals surface area (Å²) in [6, 6.07) is 29.9. The van der Waals surface area contributed by atoms with E-state index in [0.717, 1.165) is 52.1 Å². The predicted octanol–water partition coefficient (Wildman–Crippen LogP) is 8.15. The number of non-ortho nitro benzene ring substituents is 4. The second-order valence-electron chi connectivity index (χ2n) is 13.7. The van der Waals surface area contributed by atoms with Crippen LogP contribution in [0.15, 0.2) is 121 Å². The van der Waals surface area contributed by atoms with Crippen LogP contribution in [0, 0.1) is 40.5 Å². The molecule has 0 fully saturated rings. The maximum atomic E-state index is 14.0. The monoisotopic (exact) mass is 794 g/mol. The van der Waals surface area contributed by atoms with Gasteiger partial charge in [-0.15, -0.1) is 0 Å². The van der Waals surface area contributed by atoms with Crippen molar-refractivity contribution in [1.29, 1.82) is 0 Å². The number of carbonyl (C=O) groups excluding carboxylic acids is 2. The molecule has 0 atom stereocenters. The molecule has 0 amide bonds. The van der Waals surface area contributed by atoms with Gasteiger partial charge in [0, 0.05) is 41.3 Å². The number of carbonyl (C=O) groups is 2. The van der Waals surface area contributed by atoms with Crippen molar-refractivity contribution in [3.8, 4) is 17.2 Å². The highest BCUT2D eigenvalue weighted by Crippen LogP contribution is 2.64. The van der Waals surface area contributed by atoms with E-state index in [2.05, 4.69) is 0 Å². The van der Waals surface area contributed by atoms with E-state index in [1.807, 2.05) is 60.7 Å². The molecule has 292 valence electrons. The Morgan fingerprint density at radius 3 is 1.44 bits per heavy atom. The van der Waals surface area contributed by atoms with Crippen LogP contribution in [0.5, 0.6) is 17.2 Å². The van der Waals surface area contributed by atoms with Crippen LogP contribution in [0.3, 0.4) is 0 Å². The molecule has 0 spiro atoms. The van der Waals surface area contributed by atoms with Gasteiger partial charge in [-0.1, -0.05) is 60.7 Å². The number of nitro benzene ring substituents is 4. The van der Waals surface area contributed by atoms with Gasteiger partial charge in [0.1, 0.15) is 17.2 Å². The van der Waals surface area contributed by atoms with Crippen LogP contribution >= 0.6 is 0 Å². The Bertz CT molecular complexity index is 2710. The van der Waals surface area contributed by atoms with Crippen LogP contribution in [0.1, 0.15) is 65.6 Å². The average molecular weight is 795 g/mol. The van der Waals surface area contributed by atoms with Crippen molar-refractivity contribution in [3.05, 3.63) is 212 Å². The largest absolute Gasteiger partial charge is 0.497 e. The highest BCUT2D eigenvalue weighted by Gasteiger charge is 2.54. The lowest BCUT2D eigenvalue weighted by Gasteiger charge is -2.51. The van der Waals surface area contributed by atoms with E-state index < -0.39 is 76.8 Å². The van der Waals surface area contributed by atoms with Gasteiger partial charge in [-0.3, -0.25) is 40.5 Å². The van der Waals surface area contributed by atoms with Gasteiger partial charge in [-0.05, 0) is 58.5 Å². The molecule has 2 bridgehead atoms. The van der Waals surface area contributed by atoms with Crippen LogP contribution < -0.4 is 14.2 Å². The molecule has 17 heteroatoms. The van der Waals surface area contributed by atoms with Crippen molar-refractivity contribution in [3.63, 3.8) is 0 Å². The molecule has 59 heavy (non-hydrogen) atoms. The van der Waals surface area contributed by atoms with Gasteiger partial charge in [0.15, 0.2) is 0 Å². The van der Waals surface area contributed by atoms with Crippen LogP contribution in [0.25, 0.3) is 0 Å². The van der Waals surface area contributed by atoms with Crippen LogP contribution in [-0.4, -0.2) is 38.7 Å². The van der Waals surface area contributed by atoms with E-state index in [-0.39, 0.29) is 17.9 Å². The predicted molar refractivity (Wildman–Crippen MR) is 206 cm³/mol. The van der Waals surface area contributed by atoms with Gasteiger partial charge >= 0.3 is 11.9 Å². The first-order chi connectivity index (χ1) is 28.3. The fourth-order valence-corrected chi connectivity index (χ4v) is 8.14. The third kappa shape index (κ3) is 6.31. The van der Waals surface area contributed by atoms with E-state index in [4.69, 9.17) is 14.2 Å². The Morgan fingerprint density at radius 2 is 1.00 bits per heavy atom. The number of methoxy groups -OCH3 is 1. The summed E-state index contributed by atoms with van der Waals surface area (Å²) in [5, 5.41) is 46.8.